The molecule has 102 valence electrons. The molecule has 0 bridgehead atoms. The van der Waals surface area contributed by atoms with E-state index in [0.29, 0.717) is 0 Å². The highest BCUT2D eigenvalue weighted by Crippen LogP contribution is 2.37. The van der Waals surface area contributed by atoms with Gasteiger partial charge in [0.15, 0.2) is 0 Å². The van der Waals surface area contributed by atoms with Crippen molar-refractivity contribution in [2.75, 3.05) is 7.05 Å². The number of benzene rings is 1. The summed E-state index contributed by atoms with van der Waals surface area (Å²) in [4.78, 5) is 5.35. The molecule has 0 aliphatic carbocycles. The lowest BCUT2D eigenvalue weighted by Crippen LogP contribution is -2.17. The van der Waals surface area contributed by atoms with E-state index < -0.39 is 0 Å². The van der Waals surface area contributed by atoms with Crippen LogP contribution < -0.4 is 5.32 Å². The Hall–Kier alpha value is -1.42. The number of aryl methyl sites for hydroxylation is 1. The first kappa shape index (κ1) is 13.6. The standard InChI is InChI=1S/C16H15ClN2S/c1-10-9-20-16(14(10)17)15(18-2)13-5-3-4-11-8-19-7-6-12(11)13/h3-9,15,18H,1-2H3. The monoisotopic (exact) mass is 302 g/mol. The maximum absolute atomic E-state index is 6.44. The molecule has 1 unspecified atom stereocenters. The Labute approximate surface area is 127 Å². The number of nitrogens with one attached hydrogen (secondary N) is 1. The number of hydrogen-bond acceptors (Lipinski definition) is 3. The van der Waals surface area contributed by atoms with Crippen LogP contribution in [0.4, 0.5) is 0 Å². The maximum Gasteiger partial charge on any atom is 0.0689 e. The third kappa shape index (κ3) is 2.22. The van der Waals surface area contributed by atoms with Gasteiger partial charge in [-0.05, 0) is 41.9 Å². The molecule has 0 radical (unpaired) electrons. The highest BCUT2D eigenvalue weighted by Gasteiger charge is 2.20. The summed E-state index contributed by atoms with van der Waals surface area (Å²) in [6, 6.07) is 8.46. The second-order valence-electron chi connectivity index (χ2n) is 4.76. The Morgan fingerprint density at radius 1 is 1.30 bits per heavy atom. The van der Waals surface area contributed by atoms with Crippen molar-refractivity contribution in [3.8, 4) is 0 Å². The molecule has 0 aliphatic rings. The average molecular weight is 303 g/mol. The summed E-state index contributed by atoms with van der Waals surface area (Å²) in [6.07, 6.45) is 3.73. The summed E-state index contributed by atoms with van der Waals surface area (Å²) < 4.78 is 0. The Kier molecular flexibility index (Phi) is 3.74. The number of rotatable bonds is 3. The van der Waals surface area contributed by atoms with Gasteiger partial charge in [-0.15, -0.1) is 11.3 Å². The van der Waals surface area contributed by atoms with Gasteiger partial charge in [-0.3, -0.25) is 4.98 Å². The first-order valence-electron chi connectivity index (χ1n) is 6.45. The summed E-state index contributed by atoms with van der Waals surface area (Å²) in [5, 5.41) is 8.71. The van der Waals surface area contributed by atoms with Crippen molar-refractivity contribution in [2.24, 2.45) is 0 Å². The van der Waals surface area contributed by atoms with E-state index >= 15 is 0 Å². The van der Waals surface area contributed by atoms with Crippen LogP contribution in [-0.2, 0) is 0 Å². The Morgan fingerprint density at radius 2 is 2.15 bits per heavy atom. The highest BCUT2D eigenvalue weighted by molar-refractivity contribution is 7.10. The van der Waals surface area contributed by atoms with Crippen LogP contribution in [0.5, 0.6) is 0 Å². The van der Waals surface area contributed by atoms with Crippen molar-refractivity contribution >= 4 is 33.7 Å². The summed E-state index contributed by atoms with van der Waals surface area (Å²) in [6.45, 7) is 2.04. The second-order valence-corrected chi connectivity index (χ2v) is 6.05. The topological polar surface area (TPSA) is 24.9 Å². The second kappa shape index (κ2) is 5.52. The van der Waals surface area contributed by atoms with Crippen molar-refractivity contribution in [3.05, 3.63) is 63.1 Å². The molecule has 3 rings (SSSR count). The van der Waals surface area contributed by atoms with Gasteiger partial charge in [0, 0.05) is 22.7 Å². The largest absolute Gasteiger partial charge is 0.309 e. The molecule has 1 atom stereocenters. The zero-order valence-electron chi connectivity index (χ0n) is 11.4. The zero-order valence-corrected chi connectivity index (χ0v) is 12.9. The van der Waals surface area contributed by atoms with Gasteiger partial charge in [0.05, 0.1) is 11.1 Å². The lowest BCUT2D eigenvalue weighted by atomic mass is 9.99. The normalized spacial score (nSPS) is 12.8. The number of fused-ring (bicyclic) bond motifs is 1. The quantitative estimate of drug-likeness (QED) is 0.767. The van der Waals surface area contributed by atoms with E-state index in [1.807, 2.05) is 26.4 Å². The van der Waals surface area contributed by atoms with Gasteiger partial charge in [-0.1, -0.05) is 29.8 Å². The number of thiophene rings is 1. The molecule has 1 aromatic carbocycles. The number of pyridine rings is 1. The fraction of sp³-hybridized carbons (Fsp3) is 0.188. The maximum atomic E-state index is 6.44. The van der Waals surface area contributed by atoms with Crippen molar-refractivity contribution in [2.45, 2.75) is 13.0 Å². The molecular weight excluding hydrogens is 288 g/mol. The van der Waals surface area contributed by atoms with Crippen LogP contribution in [0.15, 0.2) is 42.0 Å². The zero-order chi connectivity index (χ0) is 14.1. The molecule has 2 heterocycles. The molecule has 1 N–H and O–H groups in total. The van der Waals surface area contributed by atoms with Crippen LogP contribution in [0, 0.1) is 6.92 Å². The number of nitrogens with zero attached hydrogens (tertiary/aromatic N) is 1. The van der Waals surface area contributed by atoms with Crippen molar-refractivity contribution in [1.82, 2.24) is 10.3 Å². The average Bonchev–Trinajstić information content (AvgIpc) is 2.81. The number of halogens is 1. The minimum Gasteiger partial charge on any atom is -0.309 e. The Bertz CT molecular complexity index is 746. The molecule has 0 saturated carbocycles. The minimum atomic E-state index is 0.104. The van der Waals surface area contributed by atoms with Crippen LogP contribution in [0.1, 0.15) is 22.0 Å². The van der Waals surface area contributed by atoms with Gasteiger partial charge >= 0.3 is 0 Å². The number of aromatic nitrogens is 1. The number of hydrogen-bond donors (Lipinski definition) is 1. The van der Waals surface area contributed by atoms with Gasteiger partial charge in [0.25, 0.3) is 0 Å². The summed E-state index contributed by atoms with van der Waals surface area (Å²) in [7, 11) is 1.97. The SMILES string of the molecule is CNC(c1scc(C)c1Cl)c1cccc2cnccc12. The molecular formula is C16H15ClN2S. The first-order valence-corrected chi connectivity index (χ1v) is 7.71. The minimum absolute atomic E-state index is 0.104. The molecule has 3 aromatic rings. The van der Waals surface area contributed by atoms with E-state index in [0.717, 1.165) is 20.8 Å². The molecule has 0 fully saturated rings. The molecule has 0 aliphatic heterocycles. The molecule has 20 heavy (non-hydrogen) atoms. The van der Waals surface area contributed by atoms with Crippen LogP contribution in [-0.4, -0.2) is 12.0 Å². The van der Waals surface area contributed by atoms with Crippen LogP contribution in [0.3, 0.4) is 0 Å². The van der Waals surface area contributed by atoms with E-state index in [-0.39, 0.29) is 6.04 Å². The third-order valence-electron chi connectivity index (χ3n) is 3.50. The molecule has 4 heteroatoms. The lowest BCUT2D eigenvalue weighted by molar-refractivity contribution is 0.709. The van der Waals surface area contributed by atoms with Crippen molar-refractivity contribution < 1.29 is 0 Å². The first-order chi connectivity index (χ1) is 9.72. The van der Waals surface area contributed by atoms with Crippen LogP contribution >= 0.6 is 22.9 Å². The summed E-state index contributed by atoms with van der Waals surface area (Å²) >= 11 is 8.14. The van der Waals surface area contributed by atoms with E-state index in [4.69, 9.17) is 11.6 Å². The van der Waals surface area contributed by atoms with Gasteiger partial charge < -0.3 is 5.32 Å². The van der Waals surface area contributed by atoms with Crippen LogP contribution in [0.2, 0.25) is 5.02 Å². The molecule has 0 saturated heterocycles. The van der Waals surface area contributed by atoms with E-state index in [2.05, 4.69) is 39.9 Å². The summed E-state index contributed by atoms with van der Waals surface area (Å²) in [5.74, 6) is 0. The van der Waals surface area contributed by atoms with Crippen molar-refractivity contribution in [3.63, 3.8) is 0 Å². The van der Waals surface area contributed by atoms with E-state index in [9.17, 15) is 0 Å². The van der Waals surface area contributed by atoms with Gasteiger partial charge in [0.2, 0.25) is 0 Å². The van der Waals surface area contributed by atoms with Crippen molar-refractivity contribution in [1.29, 1.82) is 0 Å². The smallest absolute Gasteiger partial charge is 0.0689 e. The Balaban J connectivity index is 2.19. The molecule has 0 amide bonds. The van der Waals surface area contributed by atoms with E-state index in [1.165, 1.54) is 10.9 Å². The van der Waals surface area contributed by atoms with Gasteiger partial charge in [-0.25, -0.2) is 0 Å². The molecule has 2 nitrogen and oxygen atoms in total. The highest BCUT2D eigenvalue weighted by atomic mass is 35.5. The summed E-state index contributed by atoms with van der Waals surface area (Å²) in [5.41, 5.74) is 2.37. The fourth-order valence-corrected chi connectivity index (χ4v) is 3.90. The van der Waals surface area contributed by atoms with Gasteiger partial charge in [0.1, 0.15) is 0 Å². The van der Waals surface area contributed by atoms with Crippen LogP contribution in [0.25, 0.3) is 10.8 Å². The third-order valence-corrected chi connectivity index (χ3v) is 5.28. The fourth-order valence-electron chi connectivity index (χ4n) is 2.47. The molecule has 0 spiro atoms. The Morgan fingerprint density at radius 3 is 2.85 bits per heavy atom. The van der Waals surface area contributed by atoms with E-state index in [1.54, 1.807) is 11.3 Å². The van der Waals surface area contributed by atoms with Gasteiger partial charge in [-0.2, -0.15) is 0 Å². The predicted octanol–water partition coefficient (Wildman–Crippen LogP) is 4.57. The molecule has 2 aromatic heterocycles. The lowest BCUT2D eigenvalue weighted by Gasteiger charge is -2.18. The predicted molar refractivity (Wildman–Crippen MR) is 86.7 cm³/mol.